The molecule has 0 unspecified atom stereocenters. The number of hydrogen-bond donors (Lipinski definition) is 0. The summed E-state index contributed by atoms with van der Waals surface area (Å²) in [6.45, 7) is 4.09. The lowest BCUT2D eigenvalue weighted by Gasteiger charge is -2.20. The molecule has 5 rings (SSSR count). The van der Waals surface area contributed by atoms with Gasteiger partial charge in [-0.25, -0.2) is 4.98 Å². The van der Waals surface area contributed by atoms with E-state index < -0.39 is 0 Å². The van der Waals surface area contributed by atoms with Crippen molar-refractivity contribution in [1.82, 2.24) is 9.55 Å². The van der Waals surface area contributed by atoms with Crippen molar-refractivity contribution < 1.29 is 0 Å². The van der Waals surface area contributed by atoms with Crippen LogP contribution < -0.4 is 0 Å². The summed E-state index contributed by atoms with van der Waals surface area (Å²) in [6, 6.07) is 33.6. The highest BCUT2D eigenvalue weighted by Gasteiger charge is 2.19. The van der Waals surface area contributed by atoms with Gasteiger partial charge in [0.15, 0.2) is 0 Å². The number of imidazole rings is 1. The second-order valence-corrected chi connectivity index (χ2v) is 8.20. The number of rotatable bonds is 4. The highest BCUT2D eigenvalue weighted by atomic mass is 15.1. The molecule has 4 aromatic carbocycles. The molecule has 0 atom stereocenters. The first-order valence-electron chi connectivity index (χ1n) is 11.0. The minimum absolute atomic E-state index is 0.664. The molecule has 0 saturated carbocycles. The largest absolute Gasteiger partial charge is 0.299 e. The summed E-state index contributed by atoms with van der Waals surface area (Å²) < 4.78 is 2.15. The van der Waals surface area contributed by atoms with Crippen LogP contribution in [-0.4, -0.2) is 9.55 Å². The van der Waals surface area contributed by atoms with Gasteiger partial charge in [0.2, 0.25) is 0 Å². The van der Waals surface area contributed by atoms with E-state index in [1.165, 1.54) is 5.56 Å². The zero-order valence-corrected chi connectivity index (χ0v) is 18.7. The quantitative estimate of drug-likeness (QED) is 0.302. The highest BCUT2D eigenvalue weighted by molar-refractivity contribution is 5.87. The average Bonchev–Trinajstić information content (AvgIpc) is 3.34. The van der Waals surface area contributed by atoms with Gasteiger partial charge in [-0.05, 0) is 54.3 Å². The van der Waals surface area contributed by atoms with Crippen LogP contribution in [0.5, 0.6) is 0 Å². The predicted molar refractivity (Wildman–Crippen MR) is 134 cm³/mol. The van der Waals surface area contributed by atoms with Crippen molar-refractivity contribution in [3.8, 4) is 45.4 Å². The maximum Gasteiger partial charge on any atom is 0.144 e. The van der Waals surface area contributed by atoms with Crippen LogP contribution in [0.4, 0.5) is 0 Å². The number of benzene rings is 4. The number of hydrogen-bond acceptors (Lipinski definition) is 2. The molecular weight excluding hydrogens is 402 g/mol. The maximum absolute atomic E-state index is 9.57. The molecule has 0 aliphatic rings. The van der Waals surface area contributed by atoms with E-state index in [2.05, 4.69) is 78.2 Å². The Morgan fingerprint density at radius 1 is 0.727 bits per heavy atom. The van der Waals surface area contributed by atoms with Gasteiger partial charge in [-0.15, -0.1) is 0 Å². The van der Waals surface area contributed by atoms with E-state index >= 15 is 0 Å². The number of nitrogens with zero attached hydrogens (tertiary/aromatic N) is 3. The van der Waals surface area contributed by atoms with Crippen LogP contribution >= 0.6 is 0 Å². The SMILES string of the molecule is Cc1cc(-c2ccccc2)c(-n2ccnc2-c2ccc(C)c(C#N)c2)c(-c2ccccc2)c1. The summed E-state index contributed by atoms with van der Waals surface area (Å²) in [5, 5.41) is 9.57. The highest BCUT2D eigenvalue weighted by Crippen LogP contribution is 2.38. The van der Waals surface area contributed by atoms with Gasteiger partial charge in [0.1, 0.15) is 5.82 Å². The van der Waals surface area contributed by atoms with Crippen molar-refractivity contribution in [3.05, 3.63) is 120 Å². The molecule has 0 amide bonds. The molecule has 0 spiro atoms. The summed E-state index contributed by atoms with van der Waals surface area (Å²) in [6.07, 6.45) is 3.83. The Balaban J connectivity index is 1.83. The van der Waals surface area contributed by atoms with Crippen LogP contribution in [0.3, 0.4) is 0 Å². The molecule has 0 N–H and O–H groups in total. The molecule has 1 aromatic heterocycles. The van der Waals surface area contributed by atoms with Crippen LogP contribution in [0.1, 0.15) is 16.7 Å². The molecule has 0 saturated heterocycles. The molecule has 0 aliphatic heterocycles. The van der Waals surface area contributed by atoms with Crippen LogP contribution in [-0.2, 0) is 0 Å². The lowest BCUT2D eigenvalue weighted by molar-refractivity contribution is 1.07. The molecule has 0 aliphatic carbocycles. The number of aromatic nitrogens is 2. The van der Waals surface area contributed by atoms with Gasteiger partial charge >= 0.3 is 0 Å². The zero-order chi connectivity index (χ0) is 22.8. The molecule has 0 radical (unpaired) electrons. The average molecular weight is 426 g/mol. The molecule has 3 heteroatoms. The fourth-order valence-corrected chi connectivity index (χ4v) is 4.29. The van der Waals surface area contributed by atoms with Crippen LogP contribution in [0.2, 0.25) is 0 Å². The summed E-state index contributed by atoms with van der Waals surface area (Å²) in [5.41, 5.74) is 9.39. The predicted octanol–water partition coefficient (Wildman–Crippen LogP) is 7.36. The molecular formula is C30H23N3. The second kappa shape index (κ2) is 8.61. The monoisotopic (exact) mass is 425 g/mol. The number of nitriles is 1. The van der Waals surface area contributed by atoms with Gasteiger partial charge in [0, 0.05) is 29.1 Å². The lowest BCUT2D eigenvalue weighted by Crippen LogP contribution is -2.03. The standard InChI is InChI=1S/C30H23N3/c1-21-17-27(23-9-5-3-6-10-23)29(28(18-21)24-11-7-4-8-12-24)33-16-15-32-30(33)25-14-13-22(2)26(19-25)20-31/h3-19H,1-2H3. The van der Waals surface area contributed by atoms with E-state index in [9.17, 15) is 5.26 Å². The third-order valence-corrected chi connectivity index (χ3v) is 5.92. The fourth-order valence-electron chi connectivity index (χ4n) is 4.29. The first-order valence-corrected chi connectivity index (χ1v) is 11.0. The Morgan fingerprint density at radius 2 is 1.33 bits per heavy atom. The molecule has 33 heavy (non-hydrogen) atoms. The van der Waals surface area contributed by atoms with E-state index in [0.29, 0.717) is 5.56 Å². The van der Waals surface area contributed by atoms with Crippen molar-refractivity contribution >= 4 is 0 Å². The molecule has 3 nitrogen and oxygen atoms in total. The topological polar surface area (TPSA) is 41.6 Å². The lowest BCUT2D eigenvalue weighted by atomic mass is 9.93. The van der Waals surface area contributed by atoms with E-state index in [1.807, 2.05) is 49.6 Å². The van der Waals surface area contributed by atoms with Crippen molar-refractivity contribution in [2.45, 2.75) is 13.8 Å². The molecule has 5 aromatic rings. The van der Waals surface area contributed by atoms with Crippen molar-refractivity contribution in [1.29, 1.82) is 5.26 Å². The van der Waals surface area contributed by atoms with Gasteiger partial charge < -0.3 is 0 Å². The molecule has 0 fully saturated rings. The fraction of sp³-hybridized carbons (Fsp3) is 0.0667. The van der Waals surface area contributed by atoms with Crippen LogP contribution in [0.15, 0.2) is 103 Å². The Kier molecular flexibility index (Phi) is 5.34. The smallest absolute Gasteiger partial charge is 0.144 e. The second-order valence-electron chi connectivity index (χ2n) is 8.20. The summed E-state index contributed by atoms with van der Waals surface area (Å²) in [5.74, 6) is 0.810. The third-order valence-electron chi connectivity index (χ3n) is 5.92. The van der Waals surface area contributed by atoms with Crippen LogP contribution in [0, 0.1) is 25.2 Å². The van der Waals surface area contributed by atoms with Crippen LogP contribution in [0.25, 0.3) is 39.3 Å². The molecule has 0 bridgehead atoms. The number of aryl methyl sites for hydroxylation is 2. The summed E-state index contributed by atoms with van der Waals surface area (Å²) in [4.78, 5) is 4.71. The van der Waals surface area contributed by atoms with Gasteiger partial charge in [0.25, 0.3) is 0 Å². The van der Waals surface area contributed by atoms with Gasteiger partial charge in [-0.2, -0.15) is 5.26 Å². The summed E-state index contributed by atoms with van der Waals surface area (Å²) >= 11 is 0. The Labute approximate surface area is 194 Å². The van der Waals surface area contributed by atoms with Gasteiger partial charge in [-0.3, -0.25) is 4.57 Å². The van der Waals surface area contributed by atoms with E-state index in [1.54, 1.807) is 0 Å². The first-order chi connectivity index (χ1) is 16.2. The summed E-state index contributed by atoms with van der Waals surface area (Å²) in [7, 11) is 0. The first kappa shape index (κ1) is 20.5. The normalized spacial score (nSPS) is 10.7. The van der Waals surface area contributed by atoms with E-state index in [4.69, 9.17) is 4.98 Å². The van der Waals surface area contributed by atoms with Gasteiger partial charge in [-0.1, -0.05) is 72.8 Å². The van der Waals surface area contributed by atoms with E-state index in [0.717, 1.165) is 44.9 Å². The van der Waals surface area contributed by atoms with Crippen molar-refractivity contribution in [2.75, 3.05) is 0 Å². The Hall–Kier alpha value is -4.42. The van der Waals surface area contributed by atoms with E-state index in [-0.39, 0.29) is 0 Å². The third kappa shape index (κ3) is 3.84. The Morgan fingerprint density at radius 3 is 1.91 bits per heavy atom. The van der Waals surface area contributed by atoms with Crippen molar-refractivity contribution in [2.24, 2.45) is 0 Å². The maximum atomic E-state index is 9.57. The zero-order valence-electron chi connectivity index (χ0n) is 18.7. The molecule has 158 valence electrons. The minimum Gasteiger partial charge on any atom is -0.299 e. The molecule has 1 heterocycles. The minimum atomic E-state index is 0.664. The van der Waals surface area contributed by atoms with Gasteiger partial charge in [0.05, 0.1) is 17.3 Å². The van der Waals surface area contributed by atoms with Crippen molar-refractivity contribution in [3.63, 3.8) is 0 Å². The Bertz CT molecular complexity index is 1410.